The van der Waals surface area contributed by atoms with Crippen LogP contribution in [0.4, 0.5) is 0 Å². The zero-order chi connectivity index (χ0) is 14.8. The van der Waals surface area contributed by atoms with Crippen LogP contribution in [0.15, 0.2) is 18.2 Å². The van der Waals surface area contributed by atoms with E-state index < -0.39 is 6.10 Å². The van der Waals surface area contributed by atoms with E-state index in [0.29, 0.717) is 0 Å². The number of amides is 1. The minimum Gasteiger partial charge on any atom is -0.481 e. The molecule has 2 aliphatic rings. The highest BCUT2D eigenvalue weighted by molar-refractivity contribution is 5.81. The number of hydrogen-bond acceptors (Lipinski definition) is 3. The Balaban J connectivity index is 1.69. The van der Waals surface area contributed by atoms with Crippen molar-refractivity contribution in [3.63, 3.8) is 0 Å². The SMILES string of the molecule is CC(Oc1ccc2c(c1)[C@@H](N)CCC2)C(=O)N1CCCC1. The highest BCUT2D eigenvalue weighted by atomic mass is 16.5. The van der Waals surface area contributed by atoms with Crippen molar-refractivity contribution in [3.05, 3.63) is 29.3 Å². The Kier molecular flexibility index (Phi) is 4.15. The van der Waals surface area contributed by atoms with Crippen LogP contribution >= 0.6 is 0 Å². The maximum absolute atomic E-state index is 12.3. The Bertz CT molecular complexity index is 524. The fourth-order valence-electron chi connectivity index (χ4n) is 3.34. The second-order valence-corrected chi connectivity index (χ2v) is 6.15. The molecular weight excluding hydrogens is 264 g/mol. The number of carbonyl (C=O) groups excluding carboxylic acids is 1. The van der Waals surface area contributed by atoms with Crippen molar-refractivity contribution < 1.29 is 9.53 Å². The van der Waals surface area contributed by atoms with Gasteiger partial charge in [0.05, 0.1) is 0 Å². The van der Waals surface area contributed by atoms with E-state index in [9.17, 15) is 4.79 Å². The average molecular weight is 288 g/mol. The lowest BCUT2D eigenvalue weighted by molar-refractivity contribution is -0.136. The van der Waals surface area contributed by atoms with Gasteiger partial charge in [-0.05, 0) is 62.3 Å². The van der Waals surface area contributed by atoms with Gasteiger partial charge in [-0.1, -0.05) is 6.07 Å². The molecule has 0 aromatic heterocycles. The zero-order valence-corrected chi connectivity index (χ0v) is 12.7. The van der Waals surface area contributed by atoms with Gasteiger partial charge in [0.2, 0.25) is 0 Å². The van der Waals surface area contributed by atoms with E-state index in [-0.39, 0.29) is 11.9 Å². The van der Waals surface area contributed by atoms with Gasteiger partial charge < -0.3 is 15.4 Å². The molecule has 2 N–H and O–H groups in total. The number of fused-ring (bicyclic) bond motifs is 1. The van der Waals surface area contributed by atoms with E-state index in [1.54, 1.807) is 0 Å². The maximum Gasteiger partial charge on any atom is 0.263 e. The van der Waals surface area contributed by atoms with Gasteiger partial charge in [-0.25, -0.2) is 0 Å². The molecule has 1 amide bonds. The van der Waals surface area contributed by atoms with Gasteiger partial charge in [-0.2, -0.15) is 0 Å². The predicted molar refractivity (Wildman–Crippen MR) is 82.2 cm³/mol. The Hall–Kier alpha value is -1.55. The zero-order valence-electron chi connectivity index (χ0n) is 12.7. The maximum atomic E-state index is 12.3. The molecule has 1 unspecified atom stereocenters. The topological polar surface area (TPSA) is 55.6 Å². The highest BCUT2D eigenvalue weighted by Crippen LogP contribution is 2.31. The van der Waals surface area contributed by atoms with Crippen LogP contribution in [0, 0.1) is 0 Å². The van der Waals surface area contributed by atoms with Gasteiger partial charge in [0.25, 0.3) is 5.91 Å². The largest absolute Gasteiger partial charge is 0.481 e. The summed E-state index contributed by atoms with van der Waals surface area (Å²) >= 11 is 0. The van der Waals surface area contributed by atoms with Crippen LogP contribution in [-0.4, -0.2) is 30.0 Å². The van der Waals surface area contributed by atoms with E-state index in [1.807, 2.05) is 24.0 Å². The molecule has 1 heterocycles. The molecule has 2 atom stereocenters. The van der Waals surface area contributed by atoms with Crippen molar-refractivity contribution in [3.8, 4) is 5.75 Å². The quantitative estimate of drug-likeness (QED) is 0.929. The van der Waals surface area contributed by atoms with E-state index in [0.717, 1.165) is 50.9 Å². The number of ether oxygens (including phenoxy) is 1. The molecular formula is C17H24N2O2. The molecule has 4 nitrogen and oxygen atoms in total. The number of likely N-dealkylation sites (tertiary alicyclic amines) is 1. The van der Waals surface area contributed by atoms with Crippen LogP contribution in [0.2, 0.25) is 0 Å². The minimum atomic E-state index is -0.430. The molecule has 0 radical (unpaired) electrons. The number of benzene rings is 1. The normalized spacial score (nSPS) is 22.8. The van der Waals surface area contributed by atoms with Crippen LogP contribution in [0.25, 0.3) is 0 Å². The van der Waals surface area contributed by atoms with E-state index in [4.69, 9.17) is 10.5 Å². The Labute approximate surface area is 126 Å². The van der Waals surface area contributed by atoms with Crippen LogP contribution in [-0.2, 0) is 11.2 Å². The van der Waals surface area contributed by atoms with Crippen molar-refractivity contribution in [2.75, 3.05) is 13.1 Å². The van der Waals surface area contributed by atoms with Gasteiger partial charge in [0.1, 0.15) is 5.75 Å². The van der Waals surface area contributed by atoms with Crippen molar-refractivity contribution >= 4 is 5.91 Å². The Morgan fingerprint density at radius 3 is 2.86 bits per heavy atom. The number of carbonyl (C=O) groups is 1. The lowest BCUT2D eigenvalue weighted by Gasteiger charge is -2.25. The van der Waals surface area contributed by atoms with Crippen molar-refractivity contribution in [2.45, 2.75) is 51.2 Å². The first-order valence-corrected chi connectivity index (χ1v) is 7.99. The third-order valence-corrected chi connectivity index (χ3v) is 4.56. The first kappa shape index (κ1) is 14.4. The molecule has 1 saturated heterocycles. The van der Waals surface area contributed by atoms with Gasteiger partial charge in [0.15, 0.2) is 6.10 Å². The van der Waals surface area contributed by atoms with Crippen molar-refractivity contribution in [2.24, 2.45) is 5.73 Å². The van der Waals surface area contributed by atoms with Crippen molar-refractivity contribution in [1.29, 1.82) is 0 Å². The lowest BCUT2D eigenvalue weighted by Crippen LogP contribution is -2.38. The minimum absolute atomic E-state index is 0.0921. The van der Waals surface area contributed by atoms with Gasteiger partial charge in [0, 0.05) is 19.1 Å². The number of nitrogens with zero attached hydrogens (tertiary/aromatic N) is 1. The molecule has 4 heteroatoms. The summed E-state index contributed by atoms with van der Waals surface area (Å²) in [6, 6.07) is 6.18. The summed E-state index contributed by atoms with van der Waals surface area (Å²) in [7, 11) is 0. The third-order valence-electron chi connectivity index (χ3n) is 4.56. The molecule has 114 valence electrons. The summed E-state index contributed by atoms with van der Waals surface area (Å²) in [5, 5.41) is 0. The van der Waals surface area contributed by atoms with Crippen molar-refractivity contribution in [1.82, 2.24) is 4.90 Å². The third kappa shape index (κ3) is 3.05. The lowest BCUT2D eigenvalue weighted by atomic mass is 9.88. The molecule has 1 aliphatic carbocycles. The van der Waals surface area contributed by atoms with E-state index in [2.05, 4.69) is 6.07 Å². The van der Waals surface area contributed by atoms with E-state index in [1.165, 1.54) is 11.1 Å². The average Bonchev–Trinajstić information content (AvgIpc) is 3.01. The van der Waals surface area contributed by atoms with Crippen LogP contribution < -0.4 is 10.5 Å². The summed E-state index contributed by atoms with van der Waals surface area (Å²) in [5.74, 6) is 0.848. The van der Waals surface area contributed by atoms with Gasteiger partial charge in [-0.3, -0.25) is 4.79 Å². The van der Waals surface area contributed by atoms with Crippen LogP contribution in [0.5, 0.6) is 5.75 Å². The summed E-state index contributed by atoms with van der Waals surface area (Å²) < 4.78 is 5.86. The molecule has 3 rings (SSSR count). The molecule has 0 saturated carbocycles. The number of rotatable bonds is 3. The fourth-order valence-corrected chi connectivity index (χ4v) is 3.34. The smallest absolute Gasteiger partial charge is 0.263 e. The molecule has 0 spiro atoms. The molecule has 0 bridgehead atoms. The standard InChI is InChI=1S/C17H24N2O2/c1-12(17(20)19-9-2-3-10-19)21-14-8-7-13-5-4-6-16(18)15(13)11-14/h7-8,11-12,16H,2-6,9-10,18H2,1H3/t12?,16-/m0/s1. The molecule has 21 heavy (non-hydrogen) atoms. The van der Waals surface area contributed by atoms with Crippen LogP contribution in [0.1, 0.15) is 49.8 Å². The molecule has 1 aliphatic heterocycles. The monoisotopic (exact) mass is 288 g/mol. The fraction of sp³-hybridized carbons (Fsp3) is 0.588. The van der Waals surface area contributed by atoms with Gasteiger partial charge in [-0.15, -0.1) is 0 Å². The summed E-state index contributed by atoms with van der Waals surface area (Å²) in [5.41, 5.74) is 8.67. The highest BCUT2D eigenvalue weighted by Gasteiger charge is 2.25. The molecule has 1 fully saturated rings. The van der Waals surface area contributed by atoms with Crippen LogP contribution in [0.3, 0.4) is 0 Å². The first-order valence-electron chi connectivity index (χ1n) is 7.99. The predicted octanol–water partition coefficient (Wildman–Crippen LogP) is 2.41. The van der Waals surface area contributed by atoms with E-state index >= 15 is 0 Å². The number of nitrogens with two attached hydrogens (primary N) is 1. The Morgan fingerprint density at radius 1 is 1.33 bits per heavy atom. The Morgan fingerprint density at radius 2 is 2.10 bits per heavy atom. The second kappa shape index (κ2) is 6.06. The molecule has 1 aromatic carbocycles. The number of aryl methyl sites for hydroxylation is 1. The first-order chi connectivity index (χ1) is 10.1. The summed E-state index contributed by atoms with van der Waals surface area (Å²) in [4.78, 5) is 14.2. The number of hydrogen-bond donors (Lipinski definition) is 1. The van der Waals surface area contributed by atoms with Gasteiger partial charge >= 0.3 is 0 Å². The molecule has 1 aromatic rings. The summed E-state index contributed by atoms with van der Waals surface area (Å²) in [6.07, 6.45) is 5.04. The second-order valence-electron chi connectivity index (χ2n) is 6.15. The summed E-state index contributed by atoms with van der Waals surface area (Å²) in [6.45, 7) is 3.56.